The number of esters is 1. The first-order chi connectivity index (χ1) is 10.6. The van der Waals surface area contributed by atoms with E-state index in [1.54, 1.807) is 0 Å². The Labute approximate surface area is 136 Å². The Bertz CT molecular complexity index is 328. The summed E-state index contributed by atoms with van der Waals surface area (Å²) in [5.74, 6) is 2.71. The first kappa shape index (κ1) is 17.8. The molecule has 4 aliphatic rings. The molecule has 0 radical (unpaired) electrons. The maximum absolute atomic E-state index is 11.6. The zero-order valence-electron chi connectivity index (χ0n) is 14.9. The molecule has 0 spiro atoms. The van der Waals surface area contributed by atoms with Gasteiger partial charge in [-0.3, -0.25) is 4.79 Å². The highest BCUT2D eigenvalue weighted by Gasteiger charge is 2.50. The van der Waals surface area contributed by atoms with Crippen molar-refractivity contribution in [3.8, 4) is 0 Å². The fraction of sp³-hybridized carbons (Fsp3) is 0.947. The molecule has 4 aliphatic carbocycles. The van der Waals surface area contributed by atoms with Gasteiger partial charge in [0.25, 0.3) is 0 Å². The summed E-state index contributed by atoms with van der Waals surface area (Å²) >= 11 is 0. The lowest BCUT2D eigenvalue weighted by Crippen LogP contribution is -2.48. The number of ether oxygens (including phenoxy) is 2. The Hall–Kier alpha value is -0.570. The smallest absolute Gasteiger partial charge is 0.310 e. The van der Waals surface area contributed by atoms with Crippen LogP contribution >= 0.6 is 0 Å². The Morgan fingerprint density at radius 1 is 1.09 bits per heavy atom. The molecule has 1 atom stereocenters. The van der Waals surface area contributed by atoms with Crippen molar-refractivity contribution in [2.24, 2.45) is 29.1 Å². The van der Waals surface area contributed by atoms with Gasteiger partial charge in [-0.05, 0) is 68.1 Å². The Morgan fingerprint density at radius 3 is 2.05 bits per heavy atom. The van der Waals surface area contributed by atoms with E-state index in [-0.39, 0.29) is 18.7 Å². The molecule has 4 saturated carbocycles. The Morgan fingerprint density at radius 2 is 1.59 bits per heavy atom. The molecule has 0 saturated heterocycles. The van der Waals surface area contributed by atoms with Crippen LogP contribution in [0.4, 0.5) is 0 Å². The van der Waals surface area contributed by atoms with Crippen molar-refractivity contribution < 1.29 is 14.3 Å². The van der Waals surface area contributed by atoms with Crippen molar-refractivity contribution in [1.82, 2.24) is 0 Å². The number of carbonyl (C=O) groups excluding carboxylic acids is 1. The first-order valence-electron chi connectivity index (χ1n) is 9.34. The lowest BCUT2D eigenvalue weighted by molar-refractivity contribution is -0.170. The molecule has 0 heterocycles. The number of carbonyl (C=O) groups is 1. The highest BCUT2D eigenvalue weighted by atomic mass is 16.7. The second-order valence-corrected chi connectivity index (χ2v) is 7.66. The molecule has 4 rings (SSSR count). The molecule has 0 amide bonds. The van der Waals surface area contributed by atoms with Crippen LogP contribution in [0, 0.1) is 29.1 Å². The normalized spacial score (nSPS) is 36.5. The summed E-state index contributed by atoms with van der Waals surface area (Å²) < 4.78 is 10.9. The van der Waals surface area contributed by atoms with Gasteiger partial charge in [0.2, 0.25) is 0 Å². The van der Waals surface area contributed by atoms with Gasteiger partial charge in [0.15, 0.2) is 6.79 Å². The predicted octanol–water partition coefficient (Wildman–Crippen LogP) is 4.79. The molecular formula is C19H34O3. The van der Waals surface area contributed by atoms with Crippen LogP contribution < -0.4 is 0 Å². The maximum atomic E-state index is 11.6. The van der Waals surface area contributed by atoms with Gasteiger partial charge in [0.1, 0.15) is 0 Å². The molecule has 0 aromatic carbocycles. The van der Waals surface area contributed by atoms with Gasteiger partial charge in [0, 0.05) is 0 Å². The van der Waals surface area contributed by atoms with Crippen LogP contribution in [0.5, 0.6) is 0 Å². The van der Waals surface area contributed by atoms with E-state index in [0.29, 0.717) is 5.41 Å². The van der Waals surface area contributed by atoms with Crippen molar-refractivity contribution in [2.45, 2.75) is 72.6 Å². The van der Waals surface area contributed by atoms with E-state index >= 15 is 0 Å². The largest absolute Gasteiger partial charge is 0.438 e. The average Bonchev–Trinajstić information content (AvgIpc) is 2.51. The first-order valence-corrected chi connectivity index (χ1v) is 9.34. The summed E-state index contributed by atoms with van der Waals surface area (Å²) in [7, 11) is 0. The van der Waals surface area contributed by atoms with E-state index in [1.807, 2.05) is 27.7 Å². The monoisotopic (exact) mass is 310 g/mol. The highest BCUT2D eigenvalue weighted by Crippen LogP contribution is 2.59. The quantitative estimate of drug-likeness (QED) is 0.402. The molecule has 0 N–H and O–H groups in total. The van der Waals surface area contributed by atoms with Crippen molar-refractivity contribution in [2.75, 3.05) is 13.4 Å². The summed E-state index contributed by atoms with van der Waals surface area (Å²) in [6.07, 6.45) is 9.25. The lowest BCUT2D eigenvalue weighted by atomic mass is 9.50. The molecule has 4 bridgehead atoms. The second-order valence-electron chi connectivity index (χ2n) is 7.66. The van der Waals surface area contributed by atoms with Crippen LogP contribution in [0.1, 0.15) is 72.6 Å². The number of hydrogen-bond acceptors (Lipinski definition) is 3. The van der Waals surface area contributed by atoms with Gasteiger partial charge >= 0.3 is 5.97 Å². The van der Waals surface area contributed by atoms with E-state index in [0.717, 1.165) is 30.8 Å². The molecular weight excluding hydrogens is 276 g/mol. The van der Waals surface area contributed by atoms with E-state index in [4.69, 9.17) is 9.47 Å². The van der Waals surface area contributed by atoms with Crippen LogP contribution in [-0.4, -0.2) is 19.4 Å². The van der Waals surface area contributed by atoms with Gasteiger partial charge in [0.05, 0.1) is 12.5 Å². The lowest BCUT2D eigenvalue weighted by Gasteiger charge is -2.56. The number of hydrogen-bond donors (Lipinski definition) is 0. The van der Waals surface area contributed by atoms with Crippen LogP contribution in [-0.2, 0) is 14.3 Å². The van der Waals surface area contributed by atoms with E-state index in [1.165, 1.54) is 38.5 Å². The highest BCUT2D eigenvalue weighted by molar-refractivity contribution is 5.71. The summed E-state index contributed by atoms with van der Waals surface area (Å²) in [5.41, 5.74) is 0.414. The molecule has 1 unspecified atom stereocenters. The Kier molecular flexibility index (Phi) is 6.31. The predicted molar refractivity (Wildman–Crippen MR) is 88.3 cm³/mol. The molecule has 3 nitrogen and oxygen atoms in total. The molecule has 0 aromatic rings. The van der Waals surface area contributed by atoms with E-state index in [2.05, 4.69) is 0 Å². The van der Waals surface area contributed by atoms with Gasteiger partial charge in [-0.2, -0.15) is 0 Å². The second kappa shape index (κ2) is 7.81. The van der Waals surface area contributed by atoms with Crippen LogP contribution in [0.3, 0.4) is 0 Å². The van der Waals surface area contributed by atoms with Crippen LogP contribution in [0.25, 0.3) is 0 Å². The minimum absolute atomic E-state index is 0.0156. The van der Waals surface area contributed by atoms with Crippen molar-refractivity contribution in [1.29, 1.82) is 0 Å². The van der Waals surface area contributed by atoms with Crippen LogP contribution in [0.15, 0.2) is 0 Å². The summed E-state index contributed by atoms with van der Waals surface area (Å²) in [4.78, 5) is 11.6. The molecule has 128 valence electrons. The van der Waals surface area contributed by atoms with Crippen molar-refractivity contribution in [3.05, 3.63) is 0 Å². The topological polar surface area (TPSA) is 35.5 Å². The van der Waals surface area contributed by atoms with Crippen LogP contribution in [0.2, 0.25) is 0 Å². The van der Waals surface area contributed by atoms with Crippen molar-refractivity contribution >= 4 is 5.97 Å². The summed E-state index contributed by atoms with van der Waals surface area (Å²) in [6, 6.07) is 0. The third-order valence-corrected chi connectivity index (χ3v) is 5.87. The SMILES string of the molecule is CC.CCC(C)C(=O)OCOCC12CC3CC(CC(C3)C1)C2. The van der Waals surface area contributed by atoms with Crippen molar-refractivity contribution in [3.63, 3.8) is 0 Å². The van der Waals surface area contributed by atoms with Gasteiger partial charge < -0.3 is 9.47 Å². The van der Waals surface area contributed by atoms with E-state index < -0.39 is 0 Å². The zero-order valence-corrected chi connectivity index (χ0v) is 14.9. The molecule has 3 heteroatoms. The maximum Gasteiger partial charge on any atom is 0.310 e. The minimum atomic E-state index is -0.127. The summed E-state index contributed by atoms with van der Waals surface area (Å²) in [6.45, 7) is 8.85. The minimum Gasteiger partial charge on any atom is -0.438 e. The zero-order chi connectivity index (χ0) is 16.2. The summed E-state index contributed by atoms with van der Waals surface area (Å²) in [5, 5.41) is 0. The van der Waals surface area contributed by atoms with Gasteiger partial charge in [-0.15, -0.1) is 0 Å². The fourth-order valence-corrected chi connectivity index (χ4v) is 5.13. The fourth-order valence-electron chi connectivity index (χ4n) is 5.13. The average molecular weight is 310 g/mol. The van der Waals surface area contributed by atoms with Gasteiger partial charge in [-0.25, -0.2) is 0 Å². The molecule has 4 fully saturated rings. The molecule has 0 aliphatic heterocycles. The third kappa shape index (κ3) is 4.04. The van der Waals surface area contributed by atoms with E-state index in [9.17, 15) is 4.79 Å². The Balaban J connectivity index is 0.000000847. The van der Waals surface area contributed by atoms with Gasteiger partial charge in [-0.1, -0.05) is 27.7 Å². The standard InChI is InChI=1S/C17H28O3.C2H6/c1-3-12(2)16(18)20-11-19-10-17-7-13-4-14(8-17)6-15(5-13)9-17;1-2/h12-15H,3-11H2,1-2H3;1-2H3. The molecule has 0 aromatic heterocycles. The third-order valence-electron chi connectivity index (χ3n) is 5.87. The molecule has 22 heavy (non-hydrogen) atoms. The number of rotatable bonds is 6.